The number of hydrogen-bond donors (Lipinski definition) is 0. The molecule has 0 amide bonds. The maximum absolute atomic E-state index is 6.04. The van der Waals surface area contributed by atoms with E-state index in [1.165, 1.54) is 24.0 Å². The summed E-state index contributed by atoms with van der Waals surface area (Å²) in [6.07, 6.45) is 4.51. The highest BCUT2D eigenvalue weighted by molar-refractivity contribution is 7.12. The van der Waals surface area contributed by atoms with Gasteiger partial charge in [-0.1, -0.05) is 20.8 Å². The number of benzene rings is 1. The Kier molecular flexibility index (Phi) is 3.55. The number of thiazole rings is 1. The lowest BCUT2D eigenvalue weighted by atomic mass is 9.85. The van der Waals surface area contributed by atoms with Crippen molar-refractivity contribution < 1.29 is 4.74 Å². The molecule has 3 rings (SSSR count). The van der Waals surface area contributed by atoms with Crippen LogP contribution in [0.2, 0.25) is 0 Å². The van der Waals surface area contributed by atoms with Gasteiger partial charge in [-0.2, -0.15) is 0 Å². The van der Waals surface area contributed by atoms with Gasteiger partial charge in [-0.05, 0) is 47.9 Å². The lowest BCUT2D eigenvalue weighted by Gasteiger charge is -2.23. The molecule has 0 saturated heterocycles. The van der Waals surface area contributed by atoms with Crippen LogP contribution < -0.4 is 4.74 Å². The Balaban J connectivity index is 1.92. The Morgan fingerprint density at radius 2 is 2.15 bits per heavy atom. The Labute approximate surface area is 124 Å². The quantitative estimate of drug-likeness (QED) is 0.813. The minimum Gasteiger partial charge on any atom is -0.493 e. The molecule has 1 aromatic carbocycles. The van der Waals surface area contributed by atoms with Crippen LogP contribution >= 0.6 is 11.3 Å². The first-order valence-electron chi connectivity index (χ1n) is 7.13. The molecular weight excluding hydrogens is 266 g/mol. The summed E-state index contributed by atoms with van der Waals surface area (Å²) < 4.78 is 6.04. The zero-order valence-electron chi connectivity index (χ0n) is 12.3. The van der Waals surface area contributed by atoms with Gasteiger partial charge in [0.15, 0.2) is 5.51 Å². The van der Waals surface area contributed by atoms with Gasteiger partial charge in [0.25, 0.3) is 0 Å². The summed E-state index contributed by atoms with van der Waals surface area (Å²) in [6.45, 7) is 7.55. The van der Waals surface area contributed by atoms with Crippen LogP contribution in [0.3, 0.4) is 0 Å². The Hall–Kier alpha value is -1.35. The Bertz CT molecular complexity index is 580. The Morgan fingerprint density at radius 1 is 1.35 bits per heavy atom. The average molecular weight is 286 g/mol. The van der Waals surface area contributed by atoms with Gasteiger partial charge in [0.05, 0.1) is 11.5 Å². The fraction of sp³-hybridized carbons (Fsp3) is 0.471. The largest absolute Gasteiger partial charge is 0.493 e. The molecule has 0 N–H and O–H groups in total. The van der Waals surface area contributed by atoms with E-state index in [-0.39, 0.29) is 5.41 Å². The number of aromatic nitrogens is 1. The van der Waals surface area contributed by atoms with Crippen LogP contribution in [0.1, 0.15) is 39.2 Å². The van der Waals surface area contributed by atoms with E-state index in [0.717, 1.165) is 23.2 Å². The number of ether oxygens (including phenoxy) is 1. The predicted octanol–water partition coefficient (Wildman–Crippen LogP) is 4.70. The third kappa shape index (κ3) is 3.04. The van der Waals surface area contributed by atoms with Crippen molar-refractivity contribution in [2.75, 3.05) is 6.61 Å². The molecule has 1 aliphatic rings. The fourth-order valence-corrected chi connectivity index (χ4v) is 2.76. The van der Waals surface area contributed by atoms with Crippen molar-refractivity contribution in [3.63, 3.8) is 0 Å². The zero-order chi connectivity index (χ0) is 14.2. The van der Waals surface area contributed by atoms with Crippen LogP contribution in [0.25, 0.3) is 10.4 Å². The van der Waals surface area contributed by atoms with Crippen molar-refractivity contribution in [2.24, 2.45) is 5.92 Å². The Morgan fingerprint density at radius 3 is 2.75 bits per heavy atom. The lowest BCUT2D eigenvalue weighted by molar-refractivity contribution is 0.292. The molecule has 0 aliphatic heterocycles. The highest BCUT2D eigenvalue weighted by Crippen LogP contribution is 2.37. The first-order valence-corrected chi connectivity index (χ1v) is 7.95. The number of hydrogen-bond acceptors (Lipinski definition) is 3. The van der Waals surface area contributed by atoms with Crippen LogP contribution in [0.5, 0.6) is 5.75 Å². The van der Waals surface area contributed by atoms with Crippen molar-refractivity contribution in [2.45, 2.75) is 39.0 Å². The SMILES string of the molecule is CC(C)(C)c1cc(-c2cn[c]s2)ccc1OCC1CC1. The summed E-state index contributed by atoms with van der Waals surface area (Å²) in [6, 6.07) is 6.47. The average Bonchev–Trinajstić information content (AvgIpc) is 3.07. The summed E-state index contributed by atoms with van der Waals surface area (Å²) in [4.78, 5) is 5.20. The maximum Gasteiger partial charge on any atom is 0.152 e. The highest BCUT2D eigenvalue weighted by Gasteiger charge is 2.24. The summed E-state index contributed by atoms with van der Waals surface area (Å²) in [7, 11) is 0. The molecule has 0 spiro atoms. The van der Waals surface area contributed by atoms with Crippen LogP contribution in [0, 0.1) is 11.4 Å². The van der Waals surface area contributed by atoms with E-state index in [1.54, 1.807) is 11.3 Å². The molecule has 0 atom stereocenters. The molecule has 2 aromatic rings. The van der Waals surface area contributed by atoms with Crippen molar-refractivity contribution in [1.29, 1.82) is 0 Å². The molecule has 1 heterocycles. The smallest absolute Gasteiger partial charge is 0.152 e. The van der Waals surface area contributed by atoms with E-state index in [9.17, 15) is 0 Å². The standard InChI is InChI=1S/C17H20NOS/c1-17(2,3)14-8-13(16-9-18-11-20-16)6-7-15(14)19-10-12-4-5-12/h6-9,12H,4-5,10H2,1-3H3. The lowest BCUT2D eigenvalue weighted by Crippen LogP contribution is -2.14. The van der Waals surface area contributed by atoms with E-state index in [4.69, 9.17) is 4.74 Å². The van der Waals surface area contributed by atoms with E-state index in [0.29, 0.717) is 0 Å². The molecule has 0 unspecified atom stereocenters. The molecule has 3 heteroatoms. The van der Waals surface area contributed by atoms with Gasteiger partial charge in [-0.25, -0.2) is 4.98 Å². The molecule has 0 bridgehead atoms. The van der Waals surface area contributed by atoms with Crippen molar-refractivity contribution in [3.8, 4) is 16.2 Å². The monoisotopic (exact) mass is 286 g/mol. The zero-order valence-corrected chi connectivity index (χ0v) is 13.1. The molecular formula is C17H20NOS. The normalized spacial score (nSPS) is 15.3. The van der Waals surface area contributed by atoms with Crippen molar-refractivity contribution >= 4 is 11.3 Å². The third-order valence-electron chi connectivity index (χ3n) is 3.63. The highest BCUT2D eigenvalue weighted by atomic mass is 32.1. The second-order valence-corrected chi connectivity index (χ2v) is 7.36. The van der Waals surface area contributed by atoms with Gasteiger partial charge in [-0.3, -0.25) is 0 Å². The van der Waals surface area contributed by atoms with E-state index >= 15 is 0 Å². The van der Waals surface area contributed by atoms with Crippen LogP contribution in [0.4, 0.5) is 0 Å². The molecule has 1 fully saturated rings. The summed E-state index contributed by atoms with van der Waals surface area (Å²) in [5, 5.41) is 0. The van der Waals surface area contributed by atoms with Gasteiger partial charge in [0.1, 0.15) is 5.75 Å². The number of nitrogens with zero attached hydrogens (tertiary/aromatic N) is 1. The third-order valence-corrected chi connectivity index (χ3v) is 4.39. The van der Waals surface area contributed by atoms with Gasteiger partial charge < -0.3 is 4.74 Å². The molecule has 2 nitrogen and oxygen atoms in total. The van der Waals surface area contributed by atoms with E-state index < -0.39 is 0 Å². The summed E-state index contributed by atoms with van der Waals surface area (Å²) in [5.74, 6) is 1.81. The molecule has 1 saturated carbocycles. The van der Waals surface area contributed by atoms with Crippen LogP contribution in [0.15, 0.2) is 24.4 Å². The minimum absolute atomic E-state index is 0.0727. The second kappa shape index (κ2) is 5.21. The predicted molar refractivity (Wildman–Crippen MR) is 83.3 cm³/mol. The van der Waals surface area contributed by atoms with Gasteiger partial charge >= 0.3 is 0 Å². The maximum atomic E-state index is 6.04. The minimum atomic E-state index is 0.0727. The topological polar surface area (TPSA) is 22.1 Å². The van der Waals surface area contributed by atoms with E-state index in [2.05, 4.69) is 49.5 Å². The second-order valence-electron chi connectivity index (χ2n) is 6.53. The van der Waals surface area contributed by atoms with Crippen LogP contribution in [-0.4, -0.2) is 11.6 Å². The summed E-state index contributed by atoms with van der Waals surface area (Å²) in [5.41, 5.74) is 5.45. The molecule has 105 valence electrons. The van der Waals surface area contributed by atoms with Crippen molar-refractivity contribution in [1.82, 2.24) is 4.98 Å². The van der Waals surface area contributed by atoms with Gasteiger partial charge in [-0.15, -0.1) is 11.3 Å². The fourth-order valence-electron chi connectivity index (χ4n) is 2.21. The van der Waals surface area contributed by atoms with Gasteiger partial charge in [0.2, 0.25) is 0 Å². The van der Waals surface area contributed by atoms with Crippen LogP contribution in [-0.2, 0) is 5.41 Å². The first kappa shape index (κ1) is 13.6. The van der Waals surface area contributed by atoms with Gasteiger partial charge in [0, 0.05) is 11.8 Å². The van der Waals surface area contributed by atoms with E-state index in [1.807, 2.05) is 6.20 Å². The molecule has 20 heavy (non-hydrogen) atoms. The molecule has 1 aromatic heterocycles. The molecule has 1 aliphatic carbocycles. The first-order chi connectivity index (χ1) is 9.54. The summed E-state index contributed by atoms with van der Waals surface area (Å²) >= 11 is 1.55. The molecule has 1 radical (unpaired) electrons. The number of rotatable bonds is 4. The van der Waals surface area contributed by atoms with Crippen molar-refractivity contribution in [3.05, 3.63) is 35.5 Å².